The van der Waals surface area contributed by atoms with Crippen molar-refractivity contribution in [2.75, 3.05) is 7.11 Å². The molecule has 0 saturated heterocycles. The van der Waals surface area contributed by atoms with Crippen LogP contribution in [0.25, 0.3) is 0 Å². The Balaban J connectivity index is 2.12. The first-order valence-corrected chi connectivity index (χ1v) is 6.64. The maximum Gasteiger partial charge on any atom is 0.125 e. The largest absolute Gasteiger partial charge is 0.496 e. The van der Waals surface area contributed by atoms with Crippen LogP contribution in [0.2, 0.25) is 0 Å². The van der Waals surface area contributed by atoms with Gasteiger partial charge in [-0.15, -0.1) is 0 Å². The average Bonchev–Trinajstić information content (AvgIpc) is 2.45. The Kier molecular flexibility index (Phi) is 4.64. The first-order valence-electron chi connectivity index (χ1n) is 6.64. The molecule has 0 radical (unpaired) electrons. The van der Waals surface area contributed by atoms with Gasteiger partial charge in [0, 0.05) is 5.56 Å². The lowest BCUT2D eigenvalue weighted by Gasteiger charge is -2.12. The molecule has 1 N–H and O–H groups in total. The van der Waals surface area contributed by atoms with E-state index >= 15 is 0 Å². The van der Waals surface area contributed by atoms with E-state index in [0.717, 1.165) is 22.6 Å². The molecule has 0 aliphatic rings. The van der Waals surface area contributed by atoms with Gasteiger partial charge >= 0.3 is 0 Å². The molecular weight excluding hydrogens is 252 g/mol. The van der Waals surface area contributed by atoms with Crippen LogP contribution in [-0.4, -0.2) is 12.2 Å². The van der Waals surface area contributed by atoms with E-state index in [1.165, 1.54) is 5.56 Å². The Morgan fingerprint density at radius 3 is 2.65 bits per heavy atom. The molecule has 3 heteroatoms. The van der Waals surface area contributed by atoms with Crippen molar-refractivity contribution in [1.29, 1.82) is 0 Å². The third-order valence-corrected chi connectivity index (χ3v) is 3.17. The highest BCUT2D eigenvalue weighted by atomic mass is 16.5. The number of hydrogen-bond acceptors (Lipinski definition) is 3. The SMILES string of the molecule is COc1ccc(C)cc1COc1cccc([C@@H](C)O)c1. The second-order valence-electron chi connectivity index (χ2n) is 4.85. The van der Waals surface area contributed by atoms with Gasteiger partial charge in [0.05, 0.1) is 13.2 Å². The highest BCUT2D eigenvalue weighted by Crippen LogP contribution is 2.23. The number of benzene rings is 2. The van der Waals surface area contributed by atoms with Crippen LogP contribution in [0.5, 0.6) is 11.5 Å². The van der Waals surface area contributed by atoms with Gasteiger partial charge in [0.1, 0.15) is 18.1 Å². The highest BCUT2D eigenvalue weighted by Gasteiger charge is 2.06. The predicted octanol–water partition coefficient (Wildman–Crippen LogP) is 3.64. The normalized spacial score (nSPS) is 12.0. The Hall–Kier alpha value is -2.00. The Morgan fingerprint density at radius 1 is 1.15 bits per heavy atom. The fourth-order valence-electron chi connectivity index (χ4n) is 2.05. The summed E-state index contributed by atoms with van der Waals surface area (Å²) in [5.41, 5.74) is 3.02. The van der Waals surface area contributed by atoms with Crippen LogP contribution >= 0.6 is 0 Å². The first-order chi connectivity index (χ1) is 9.60. The molecule has 2 aromatic rings. The zero-order valence-corrected chi connectivity index (χ0v) is 12.1. The van der Waals surface area contributed by atoms with Gasteiger partial charge in [-0.1, -0.05) is 23.8 Å². The molecule has 106 valence electrons. The van der Waals surface area contributed by atoms with Gasteiger partial charge in [0.25, 0.3) is 0 Å². The van der Waals surface area contributed by atoms with E-state index in [9.17, 15) is 5.11 Å². The summed E-state index contributed by atoms with van der Waals surface area (Å²) in [4.78, 5) is 0. The lowest BCUT2D eigenvalue weighted by Crippen LogP contribution is -2.00. The Morgan fingerprint density at radius 2 is 1.95 bits per heavy atom. The second-order valence-corrected chi connectivity index (χ2v) is 4.85. The molecule has 1 atom stereocenters. The summed E-state index contributed by atoms with van der Waals surface area (Å²) in [5.74, 6) is 1.56. The molecule has 3 nitrogen and oxygen atoms in total. The molecule has 0 aliphatic carbocycles. The summed E-state index contributed by atoms with van der Waals surface area (Å²) in [6.07, 6.45) is -0.493. The van der Waals surface area contributed by atoms with Gasteiger partial charge in [-0.05, 0) is 43.7 Å². The van der Waals surface area contributed by atoms with Crippen molar-refractivity contribution in [3.63, 3.8) is 0 Å². The molecule has 2 aromatic carbocycles. The quantitative estimate of drug-likeness (QED) is 0.903. The summed E-state index contributed by atoms with van der Waals surface area (Å²) in [6.45, 7) is 4.22. The summed E-state index contributed by atoms with van der Waals surface area (Å²) >= 11 is 0. The van der Waals surface area contributed by atoms with E-state index < -0.39 is 6.10 Å². The monoisotopic (exact) mass is 272 g/mol. The molecule has 0 unspecified atom stereocenters. The summed E-state index contributed by atoms with van der Waals surface area (Å²) in [6, 6.07) is 13.5. The molecule has 0 heterocycles. The number of methoxy groups -OCH3 is 1. The van der Waals surface area contributed by atoms with Crippen LogP contribution in [0.3, 0.4) is 0 Å². The number of aliphatic hydroxyl groups is 1. The highest BCUT2D eigenvalue weighted by molar-refractivity contribution is 5.37. The lowest BCUT2D eigenvalue weighted by atomic mass is 10.1. The summed E-state index contributed by atoms with van der Waals surface area (Å²) in [5, 5.41) is 9.58. The molecule has 0 aromatic heterocycles. The number of ether oxygens (including phenoxy) is 2. The van der Waals surface area contributed by atoms with Gasteiger partial charge < -0.3 is 14.6 Å². The zero-order valence-electron chi connectivity index (χ0n) is 12.1. The Bertz CT molecular complexity index is 576. The predicted molar refractivity (Wildman–Crippen MR) is 79.1 cm³/mol. The molecule has 2 rings (SSSR count). The van der Waals surface area contributed by atoms with E-state index in [4.69, 9.17) is 9.47 Å². The Labute approximate surface area is 119 Å². The van der Waals surface area contributed by atoms with Crippen LogP contribution in [0.1, 0.15) is 29.7 Å². The van der Waals surface area contributed by atoms with E-state index in [1.807, 2.05) is 43.3 Å². The van der Waals surface area contributed by atoms with Gasteiger partial charge in [-0.2, -0.15) is 0 Å². The van der Waals surface area contributed by atoms with E-state index in [1.54, 1.807) is 14.0 Å². The zero-order chi connectivity index (χ0) is 14.5. The van der Waals surface area contributed by atoms with Crippen molar-refractivity contribution < 1.29 is 14.6 Å². The smallest absolute Gasteiger partial charge is 0.125 e. The van der Waals surface area contributed by atoms with E-state index in [-0.39, 0.29) is 0 Å². The number of hydrogen-bond donors (Lipinski definition) is 1. The number of aliphatic hydroxyl groups excluding tert-OH is 1. The van der Waals surface area contributed by atoms with Gasteiger partial charge in [0.15, 0.2) is 0 Å². The van der Waals surface area contributed by atoms with Crippen LogP contribution in [0.15, 0.2) is 42.5 Å². The van der Waals surface area contributed by atoms with Crippen LogP contribution in [-0.2, 0) is 6.61 Å². The molecule has 0 spiro atoms. The van der Waals surface area contributed by atoms with Gasteiger partial charge in [-0.3, -0.25) is 0 Å². The van der Waals surface area contributed by atoms with Crippen molar-refractivity contribution in [1.82, 2.24) is 0 Å². The van der Waals surface area contributed by atoms with E-state index in [0.29, 0.717) is 6.61 Å². The fourth-order valence-corrected chi connectivity index (χ4v) is 2.05. The maximum absolute atomic E-state index is 9.58. The first kappa shape index (κ1) is 14.4. The third-order valence-electron chi connectivity index (χ3n) is 3.17. The molecule has 20 heavy (non-hydrogen) atoms. The van der Waals surface area contributed by atoms with Crippen molar-refractivity contribution in [2.24, 2.45) is 0 Å². The van der Waals surface area contributed by atoms with Gasteiger partial charge in [-0.25, -0.2) is 0 Å². The van der Waals surface area contributed by atoms with Crippen molar-refractivity contribution in [2.45, 2.75) is 26.6 Å². The van der Waals surface area contributed by atoms with Crippen LogP contribution in [0, 0.1) is 6.92 Å². The molecule has 0 aliphatic heterocycles. The number of aryl methyl sites for hydroxylation is 1. The van der Waals surface area contributed by atoms with Gasteiger partial charge in [0.2, 0.25) is 0 Å². The average molecular weight is 272 g/mol. The standard InChI is InChI=1S/C17H20O3/c1-12-7-8-17(19-3)15(9-12)11-20-16-6-4-5-14(10-16)13(2)18/h4-10,13,18H,11H2,1-3H3/t13-/m1/s1. The maximum atomic E-state index is 9.58. The minimum Gasteiger partial charge on any atom is -0.496 e. The minimum absolute atomic E-state index is 0.439. The molecular formula is C17H20O3. The van der Waals surface area contributed by atoms with E-state index in [2.05, 4.69) is 6.07 Å². The molecule has 0 amide bonds. The fraction of sp³-hybridized carbons (Fsp3) is 0.294. The lowest BCUT2D eigenvalue weighted by molar-refractivity contribution is 0.198. The third kappa shape index (κ3) is 3.52. The van der Waals surface area contributed by atoms with Crippen molar-refractivity contribution in [3.8, 4) is 11.5 Å². The molecule has 0 fully saturated rings. The van der Waals surface area contributed by atoms with Crippen LogP contribution in [0.4, 0.5) is 0 Å². The van der Waals surface area contributed by atoms with Crippen molar-refractivity contribution in [3.05, 3.63) is 59.2 Å². The molecule has 0 bridgehead atoms. The summed E-state index contributed by atoms with van der Waals surface area (Å²) in [7, 11) is 1.65. The topological polar surface area (TPSA) is 38.7 Å². The molecule has 0 saturated carbocycles. The van der Waals surface area contributed by atoms with Crippen LogP contribution < -0.4 is 9.47 Å². The summed E-state index contributed by atoms with van der Waals surface area (Å²) < 4.78 is 11.1. The number of rotatable bonds is 5. The van der Waals surface area contributed by atoms with Crippen molar-refractivity contribution >= 4 is 0 Å². The second kappa shape index (κ2) is 6.44. The minimum atomic E-state index is -0.493.